The highest BCUT2D eigenvalue weighted by molar-refractivity contribution is 5.78. The molecule has 0 saturated carbocycles. The third-order valence-corrected chi connectivity index (χ3v) is 4.49. The Hall–Kier alpha value is -2.44. The van der Waals surface area contributed by atoms with Crippen LogP contribution in [0, 0.1) is 11.7 Å². The van der Waals surface area contributed by atoms with Crippen molar-refractivity contribution >= 4 is 5.91 Å². The highest BCUT2D eigenvalue weighted by Crippen LogP contribution is 2.21. The Morgan fingerprint density at radius 2 is 2.12 bits per heavy atom. The number of aromatic nitrogens is 3. The van der Waals surface area contributed by atoms with Gasteiger partial charge in [-0.2, -0.15) is 0 Å². The average Bonchev–Trinajstić information content (AvgIpc) is 3.24. The Labute approximate surface area is 146 Å². The maximum Gasteiger partial charge on any atom is 0.260 e. The number of likely N-dealkylation sites (tertiary alicyclic amines) is 1. The molecule has 1 unspecified atom stereocenters. The number of rotatable bonds is 6. The predicted octanol–water partition coefficient (Wildman–Crippen LogP) is 2.47. The summed E-state index contributed by atoms with van der Waals surface area (Å²) in [5, 5.41) is 8.20. The maximum absolute atomic E-state index is 12.9. The van der Waals surface area contributed by atoms with E-state index in [0.29, 0.717) is 24.3 Å². The lowest BCUT2D eigenvalue weighted by atomic mass is 10.0. The number of ether oxygens (including phenoxy) is 1. The van der Waals surface area contributed by atoms with E-state index < -0.39 is 0 Å². The van der Waals surface area contributed by atoms with Crippen molar-refractivity contribution in [3.63, 3.8) is 0 Å². The van der Waals surface area contributed by atoms with Crippen LogP contribution >= 0.6 is 0 Å². The molecule has 0 N–H and O–H groups in total. The Morgan fingerprint density at radius 1 is 1.36 bits per heavy atom. The van der Waals surface area contributed by atoms with Gasteiger partial charge in [-0.15, -0.1) is 10.2 Å². The third-order valence-electron chi connectivity index (χ3n) is 4.49. The molecule has 1 aromatic heterocycles. The molecule has 0 spiro atoms. The van der Waals surface area contributed by atoms with Gasteiger partial charge in [-0.05, 0) is 50.5 Å². The Kier molecular flexibility index (Phi) is 5.31. The van der Waals surface area contributed by atoms with Crippen molar-refractivity contribution in [3.05, 3.63) is 42.2 Å². The Balaban J connectivity index is 1.49. The zero-order valence-corrected chi connectivity index (χ0v) is 14.6. The molecule has 2 aromatic rings. The minimum atomic E-state index is -0.324. The van der Waals surface area contributed by atoms with E-state index in [1.165, 1.54) is 24.3 Å². The number of carbonyl (C=O) groups excluding carboxylic acids is 1. The van der Waals surface area contributed by atoms with Crippen LogP contribution in [0.1, 0.15) is 32.1 Å². The van der Waals surface area contributed by atoms with Crippen LogP contribution < -0.4 is 4.74 Å². The first-order valence-corrected chi connectivity index (χ1v) is 8.57. The van der Waals surface area contributed by atoms with Crippen LogP contribution in [0.2, 0.25) is 0 Å². The van der Waals surface area contributed by atoms with Gasteiger partial charge in [0.25, 0.3) is 5.91 Å². The van der Waals surface area contributed by atoms with Crippen LogP contribution in [0.15, 0.2) is 30.6 Å². The summed E-state index contributed by atoms with van der Waals surface area (Å²) in [4.78, 5) is 14.1. The zero-order valence-electron chi connectivity index (χ0n) is 14.6. The fraction of sp³-hybridized carbons (Fsp3) is 0.500. The van der Waals surface area contributed by atoms with E-state index in [0.717, 1.165) is 25.2 Å². The maximum atomic E-state index is 12.9. The van der Waals surface area contributed by atoms with Crippen molar-refractivity contribution in [1.82, 2.24) is 19.7 Å². The number of amides is 1. The van der Waals surface area contributed by atoms with Gasteiger partial charge in [0.1, 0.15) is 23.7 Å². The minimum absolute atomic E-state index is 0.0273. The molecule has 1 aliphatic rings. The summed E-state index contributed by atoms with van der Waals surface area (Å²) in [6.45, 7) is 5.61. The first-order chi connectivity index (χ1) is 12.0. The second-order valence-electron chi connectivity index (χ2n) is 6.69. The van der Waals surface area contributed by atoms with E-state index in [9.17, 15) is 9.18 Å². The van der Waals surface area contributed by atoms with Gasteiger partial charge in [0.2, 0.25) is 0 Å². The summed E-state index contributed by atoms with van der Waals surface area (Å²) < 4.78 is 20.4. The van der Waals surface area contributed by atoms with Gasteiger partial charge in [0.15, 0.2) is 6.61 Å². The van der Waals surface area contributed by atoms with Crippen molar-refractivity contribution in [2.45, 2.75) is 32.7 Å². The summed E-state index contributed by atoms with van der Waals surface area (Å²) in [6.07, 6.45) is 3.53. The lowest BCUT2D eigenvalue weighted by molar-refractivity contribution is -0.132. The predicted molar refractivity (Wildman–Crippen MR) is 90.7 cm³/mol. The van der Waals surface area contributed by atoms with Gasteiger partial charge in [-0.3, -0.25) is 4.79 Å². The molecule has 1 fully saturated rings. The van der Waals surface area contributed by atoms with E-state index in [1.54, 1.807) is 6.33 Å². The van der Waals surface area contributed by atoms with Gasteiger partial charge >= 0.3 is 0 Å². The molecule has 2 heterocycles. The quantitative estimate of drug-likeness (QED) is 0.806. The highest BCUT2D eigenvalue weighted by Gasteiger charge is 2.28. The monoisotopic (exact) mass is 346 g/mol. The van der Waals surface area contributed by atoms with Crippen LogP contribution in [-0.2, 0) is 11.2 Å². The van der Waals surface area contributed by atoms with Gasteiger partial charge in [-0.1, -0.05) is 0 Å². The summed E-state index contributed by atoms with van der Waals surface area (Å²) in [7, 11) is 0. The summed E-state index contributed by atoms with van der Waals surface area (Å²) in [5.41, 5.74) is 0. The number of halogens is 1. The van der Waals surface area contributed by atoms with Crippen molar-refractivity contribution < 1.29 is 13.9 Å². The van der Waals surface area contributed by atoms with E-state index in [1.807, 2.05) is 4.90 Å². The molecule has 134 valence electrons. The molecule has 0 aliphatic carbocycles. The lowest BCUT2D eigenvalue weighted by Gasteiger charge is -2.17. The molecule has 0 radical (unpaired) electrons. The Morgan fingerprint density at radius 3 is 2.84 bits per heavy atom. The fourth-order valence-electron chi connectivity index (χ4n) is 3.10. The normalized spacial score (nSPS) is 17.3. The van der Waals surface area contributed by atoms with Crippen molar-refractivity contribution in [2.75, 3.05) is 19.7 Å². The molecular formula is C18H23FN4O2. The SMILES string of the molecule is CC(C)n1cnnc1CC1CCN(C(=O)COc2ccc(F)cc2)C1. The van der Waals surface area contributed by atoms with Crippen LogP contribution in [-0.4, -0.2) is 45.3 Å². The standard InChI is InChI=1S/C18H23FN4O2/c1-13(2)23-12-20-21-17(23)9-14-7-8-22(10-14)18(24)11-25-16-5-3-15(19)4-6-16/h3-6,12-14H,7-11H2,1-2H3. The van der Waals surface area contributed by atoms with Gasteiger partial charge in [-0.25, -0.2) is 4.39 Å². The van der Waals surface area contributed by atoms with Crippen molar-refractivity contribution in [2.24, 2.45) is 5.92 Å². The average molecular weight is 346 g/mol. The molecule has 1 saturated heterocycles. The van der Waals surface area contributed by atoms with E-state index in [2.05, 4.69) is 28.6 Å². The number of hydrogen-bond acceptors (Lipinski definition) is 4. The zero-order chi connectivity index (χ0) is 17.8. The van der Waals surface area contributed by atoms with Gasteiger partial charge in [0, 0.05) is 25.6 Å². The molecule has 1 aromatic carbocycles. The van der Waals surface area contributed by atoms with Gasteiger partial charge in [0.05, 0.1) is 0 Å². The second-order valence-corrected chi connectivity index (χ2v) is 6.69. The Bertz CT molecular complexity index is 714. The van der Waals surface area contributed by atoms with Crippen LogP contribution in [0.25, 0.3) is 0 Å². The number of nitrogens with zero attached hydrogens (tertiary/aromatic N) is 4. The molecule has 25 heavy (non-hydrogen) atoms. The summed E-state index contributed by atoms with van der Waals surface area (Å²) in [6, 6.07) is 6.00. The smallest absolute Gasteiger partial charge is 0.260 e. The second kappa shape index (κ2) is 7.63. The molecule has 3 rings (SSSR count). The highest BCUT2D eigenvalue weighted by atomic mass is 19.1. The van der Waals surface area contributed by atoms with E-state index in [-0.39, 0.29) is 18.3 Å². The van der Waals surface area contributed by atoms with Crippen LogP contribution in [0.4, 0.5) is 4.39 Å². The third kappa shape index (κ3) is 4.35. The summed E-state index contributed by atoms with van der Waals surface area (Å²) >= 11 is 0. The van der Waals surface area contributed by atoms with Gasteiger partial charge < -0.3 is 14.2 Å². The first-order valence-electron chi connectivity index (χ1n) is 8.57. The minimum Gasteiger partial charge on any atom is -0.484 e. The lowest BCUT2D eigenvalue weighted by Crippen LogP contribution is -2.33. The molecule has 7 heteroatoms. The number of benzene rings is 1. The largest absolute Gasteiger partial charge is 0.484 e. The molecule has 1 atom stereocenters. The molecule has 1 amide bonds. The van der Waals surface area contributed by atoms with Crippen LogP contribution in [0.5, 0.6) is 5.75 Å². The number of hydrogen-bond donors (Lipinski definition) is 0. The first kappa shape index (κ1) is 17.4. The van der Waals surface area contributed by atoms with Crippen LogP contribution in [0.3, 0.4) is 0 Å². The molecule has 6 nitrogen and oxygen atoms in total. The molecule has 1 aliphatic heterocycles. The van der Waals surface area contributed by atoms with E-state index in [4.69, 9.17) is 4.74 Å². The number of carbonyl (C=O) groups is 1. The van der Waals surface area contributed by atoms with Crippen molar-refractivity contribution in [3.8, 4) is 5.75 Å². The molecular weight excluding hydrogens is 323 g/mol. The van der Waals surface area contributed by atoms with Crippen molar-refractivity contribution in [1.29, 1.82) is 0 Å². The fourth-order valence-corrected chi connectivity index (χ4v) is 3.10. The topological polar surface area (TPSA) is 60.2 Å². The molecule has 0 bridgehead atoms. The van der Waals surface area contributed by atoms with E-state index >= 15 is 0 Å². The summed E-state index contributed by atoms with van der Waals surface area (Å²) in [5.74, 6) is 1.48.